The van der Waals surface area contributed by atoms with Gasteiger partial charge in [0.25, 0.3) is 5.56 Å². The van der Waals surface area contributed by atoms with Gasteiger partial charge in [-0.15, -0.1) is 6.58 Å². The smallest absolute Gasteiger partial charge is 0.329 e. The van der Waals surface area contributed by atoms with Crippen molar-refractivity contribution in [3.63, 3.8) is 0 Å². The number of imidazole rings is 1. The summed E-state index contributed by atoms with van der Waals surface area (Å²) in [6, 6.07) is 0. The number of nitrogens with one attached hydrogen (secondary N) is 1. The lowest BCUT2D eigenvalue weighted by molar-refractivity contribution is 0.0404. The lowest BCUT2D eigenvalue weighted by Gasteiger charge is -2.23. The molecule has 1 saturated heterocycles. The summed E-state index contributed by atoms with van der Waals surface area (Å²) in [5.41, 5.74) is -0.392. The van der Waals surface area contributed by atoms with Gasteiger partial charge < -0.3 is 19.3 Å². The maximum Gasteiger partial charge on any atom is 0.329 e. The van der Waals surface area contributed by atoms with Crippen LogP contribution >= 0.6 is 0 Å². The zero-order chi connectivity index (χ0) is 19.4. The number of hydrogen-bond acceptors (Lipinski definition) is 6. The minimum atomic E-state index is -0.815. The predicted octanol–water partition coefficient (Wildman–Crippen LogP) is 0.367. The monoisotopic (exact) mass is 377 g/mol. The Morgan fingerprint density at radius 2 is 2.00 bits per heavy atom. The van der Waals surface area contributed by atoms with Crippen molar-refractivity contribution in [2.24, 2.45) is 7.05 Å². The Morgan fingerprint density at radius 1 is 1.30 bits per heavy atom. The molecule has 0 unspecified atom stereocenters. The van der Waals surface area contributed by atoms with Crippen molar-refractivity contribution in [3.8, 4) is 0 Å². The van der Waals surface area contributed by atoms with Crippen molar-refractivity contribution in [2.45, 2.75) is 38.3 Å². The van der Waals surface area contributed by atoms with E-state index in [1.807, 2.05) is 0 Å². The number of nitrogens with zero attached hydrogens (tertiary/aromatic N) is 4. The summed E-state index contributed by atoms with van der Waals surface area (Å²) in [4.78, 5) is 33.5. The Hall–Kier alpha value is -2.39. The minimum absolute atomic E-state index is 0.120. The second-order valence-corrected chi connectivity index (χ2v) is 6.89. The molecule has 1 aliphatic rings. The van der Waals surface area contributed by atoms with Gasteiger partial charge in [-0.3, -0.25) is 14.3 Å². The summed E-state index contributed by atoms with van der Waals surface area (Å²) in [6.07, 6.45) is 5.21. The molecule has 9 nitrogen and oxygen atoms in total. The zero-order valence-electron chi connectivity index (χ0n) is 15.7. The van der Waals surface area contributed by atoms with Crippen LogP contribution < -0.4 is 16.1 Å². The van der Waals surface area contributed by atoms with E-state index in [2.05, 4.69) is 21.4 Å². The summed E-state index contributed by atoms with van der Waals surface area (Å²) < 4.78 is 8.37. The van der Waals surface area contributed by atoms with Crippen molar-refractivity contribution >= 4 is 17.1 Å². The molecular weight excluding hydrogens is 350 g/mol. The van der Waals surface area contributed by atoms with Gasteiger partial charge in [0.1, 0.15) is 0 Å². The Bertz CT molecular complexity index is 905. The van der Waals surface area contributed by atoms with Crippen molar-refractivity contribution < 1.29 is 9.84 Å². The number of aromatic nitrogens is 4. The second kappa shape index (κ2) is 8.53. The maximum absolute atomic E-state index is 12.5. The van der Waals surface area contributed by atoms with Gasteiger partial charge in [-0.1, -0.05) is 18.9 Å². The molecule has 1 atom stereocenters. The number of aryl methyl sites for hydroxylation is 1. The van der Waals surface area contributed by atoms with Crippen LogP contribution in [0.2, 0.25) is 0 Å². The number of aromatic amines is 1. The normalized spacial score (nSPS) is 16.4. The standard InChI is InChI=1S/C18H27N5O4/c1-3-10-27-12-13(24)11-23-14-15(21(2)18(26)20-16(14)25)19-17(23)22-8-6-4-5-7-9-22/h3,13,24H,1,4-12H2,2H3,(H,20,25,26)/t13-/m0/s1. The quantitative estimate of drug-likeness (QED) is 0.533. The Labute approximate surface area is 156 Å². The second-order valence-electron chi connectivity index (χ2n) is 6.89. The molecule has 0 amide bonds. The van der Waals surface area contributed by atoms with Crippen molar-refractivity contribution in [1.29, 1.82) is 0 Å². The summed E-state index contributed by atoms with van der Waals surface area (Å²) in [5, 5.41) is 10.4. The van der Waals surface area contributed by atoms with E-state index in [1.54, 1.807) is 17.7 Å². The average molecular weight is 377 g/mol. The number of aliphatic hydroxyl groups is 1. The van der Waals surface area contributed by atoms with E-state index in [1.165, 1.54) is 4.57 Å². The Balaban J connectivity index is 2.05. The maximum atomic E-state index is 12.5. The van der Waals surface area contributed by atoms with Gasteiger partial charge in [0.05, 0.1) is 25.9 Å². The molecule has 27 heavy (non-hydrogen) atoms. The fourth-order valence-electron chi connectivity index (χ4n) is 3.46. The molecule has 9 heteroatoms. The van der Waals surface area contributed by atoms with Gasteiger partial charge in [0.15, 0.2) is 11.2 Å². The number of ether oxygens (including phenoxy) is 1. The van der Waals surface area contributed by atoms with Crippen LogP contribution in [0.5, 0.6) is 0 Å². The first-order valence-corrected chi connectivity index (χ1v) is 9.34. The number of hydrogen-bond donors (Lipinski definition) is 2. The number of anilines is 1. The third-order valence-corrected chi connectivity index (χ3v) is 4.82. The van der Waals surface area contributed by atoms with Crippen molar-refractivity contribution in [2.75, 3.05) is 31.2 Å². The summed E-state index contributed by atoms with van der Waals surface area (Å²) in [6.45, 7) is 5.86. The highest BCUT2D eigenvalue weighted by Gasteiger charge is 2.23. The first kappa shape index (κ1) is 19.4. The topological polar surface area (TPSA) is 105 Å². The molecule has 148 valence electrons. The van der Waals surface area contributed by atoms with Crippen LogP contribution in [-0.2, 0) is 18.3 Å². The van der Waals surface area contributed by atoms with E-state index in [4.69, 9.17) is 4.74 Å². The van der Waals surface area contributed by atoms with Crippen LogP contribution in [0.25, 0.3) is 11.2 Å². The van der Waals surface area contributed by atoms with Crippen LogP contribution in [-0.4, -0.2) is 56.6 Å². The van der Waals surface area contributed by atoms with Crippen LogP contribution in [0, 0.1) is 0 Å². The lowest BCUT2D eigenvalue weighted by Crippen LogP contribution is -2.32. The van der Waals surface area contributed by atoms with Gasteiger partial charge in [-0.25, -0.2) is 4.79 Å². The summed E-state index contributed by atoms with van der Waals surface area (Å²) in [7, 11) is 1.58. The minimum Gasteiger partial charge on any atom is -0.389 e. The molecule has 0 radical (unpaired) electrons. The highest BCUT2D eigenvalue weighted by molar-refractivity contribution is 5.74. The first-order valence-electron chi connectivity index (χ1n) is 9.34. The molecule has 3 rings (SSSR count). The SMILES string of the molecule is C=CCOC[C@@H](O)Cn1c(N2CCCCCC2)nc2c1c(=O)[nH]c(=O)n2C. The van der Waals surface area contributed by atoms with E-state index in [0.29, 0.717) is 23.7 Å². The molecule has 2 aromatic heterocycles. The van der Waals surface area contributed by atoms with Crippen molar-refractivity contribution in [1.82, 2.24) is 19.1 Å². The average Bonchev–Trinajstić information content (AvgIpc) is 2.81. The van der Waals surface area contributed by atoms with Gasteiger partial charge in [-0.05, 0) is 12.8 Å². The van der Waals surface area contributed by atoms with E-state index < -0.39 is 17.4 Å². The Kier molecular flexibility index (Phi) is 6.12. The van der Waals surface area contributed by atoms with E-state index in [0.717, 1.165) is 38.8 Å². The van der Waals surface area contributed by atoms with Crippen LogP contribution in [0.1, 0.15) is 25.7 Å². The molecule has 0 saturated carbocycles. The predicted molar refractivity (Wildman–Crippen MR) is 103 cm³/mol. The first-order chi connectivity index (χ1) is 13.0. The lowest BCUT2D eigenvalue weighted by atomic mass is 10.2. The highest BCUT2D eigenvalue weighted by atomic mass is 16.5. The van der Waals surface area contributed by atoms with Crippen LogP contribution in [0.4, 0.5) is 5.95 Å². The highest BCUT2D eigenvalue weighted by Crippen LogP contribution is 2.23. The largest absolute Gasteiger partial charge is 0.389 e. The van der Waals surface area contributed by atoms with E-state index in [-0.39, 0.29) is 13.2 Å². The van der Waals surface area contributed by atoms with Crippen molar-refractivity contribution in [3.05, 3.63) is 33.5 Å². The molecule has 0 aromatic carbocycles. The van der Waals surface area contributed by atoms with Gasteiger partial charge in [-0.2, -0.15) is 4.98 Å². The number of rotatable bonds is 7. The zero-order valence-corrected chi connectivity index (χ0v) is 15.7. The summed E-state index contributed by atoms with van der Waals surface area (Å²) >= 11 is 0. The summed E-state index contributed by atoms with van der Waals surface area (Å²) in [5.74, 6) is 0.612. The Morgan fingerprint density at radius 3 is 2.67 bits per heavy atom. The molecule has 2 aromatic rings. The van der Waals surface area contributed by atoms with E-state index >= 15 is 0 Å². The molecule has 2 N–H and O–H groups in total. The molecule has 0 spiro atoms. The molecule has 0 aliphatic carbocycles. The van der Waals surface area contributed by atoms with Crippen LogP contribution in [0.3, 0.4) is 0 Å². The fraction of sp³-hybridized carbons (Fsp3) is 0.611. The number of aliphatic hydroxyl groups excluding tert-OH is 1. The fourth-order valence-corrected chi connectivity index (χ4v) is 3.46. The van der Waals surface area contributed by atoms with Gasteiger partial charge in [0, 0.05) is 20.1 Å². The van der Waals surface area contributed by atoms with Gasteiger partial charge >= 0.3 is 5.69 Å². The third kappa shape index (κ3) is 4.14. The molecule has 1 aliphatic heterocycles. The molecule has 0 bridgehead atoms. The molecular formula is C18H27N5O4. The third-order valence-electron chi connectivity index (χ3n) is 4.82. The molecule has 1 fully saturated rings. The van der Waals surface area contributed by atoms with Gasteiger partial charge in [0.2, 0.25) is 5.95 Å². The number of fused-ring (bicyclic) bond motifs is 1. The van der Waals surface area contributed by atoms with Crippen LogP contribution in [0.15, 0.2) is 22.2 Å². The molecule has 3 heterocycles. The number of H-pyrrole nitrogens is 1. The van der Waals surface area contributed by atoms with E-state index in [9.17, 15) is 14.7 Å².